The van der Waals surface area contributed by atoms with Crippen LogP contribution in [0.5, 0.6) is 0 Å². The lowest BCUT2D eigenvalue weighted by Gasteiger charge is -2.26. The molecule has 1 N–H and O–H groups in total. The molecule has 1 fully saturated rings. The zero-order valence-electron chi connectivity index (χ0n) is 18.5. The number of ether oxygens (including phenoxy) is 1. The first-order chi connectivity index (χ1) is 15.8. The summed E-state index contributed by atoms with van der Waals surface area (Å²) >= 11 is 1.32. The van der Waals surface area contributed by atoms with E-state index in [9.17, 15) is 13.2 Å². The molecule has 0 radical (unpaired) electrons. The summed E-state index contributed by atoms with van der Waals surface area (Å²) in [5.41, 5.74) is 3.39. The van der Waals surface area contributed by atoms with Crippen molar-refractivity contribution in [1.29, 1.82) is 0 Å². The summed E-state index contributed by atoms with van der Waals surface area (Å²) in [6, 6.07) is 12.8. The largest absolute Gasteiger partial charge is 0.379 e. The van der Waals surface area contributed by atoms with Crippen LogP contribution in [0.3, 0.4) is 0 Å². The van der Waals surface area contributed by atoms with Crippen LogP contribution >= 0.6 is 11.8 Å². The Morgan fingerprint density at radius 2 is 1.94 bits per heavy atom. The van der Waals surface area contributed by atoms with Gasteiger partial charge in [-0.05, 0) is 49.2 Å². The van der Waals surface area contributed by atoms with Crippen molar-refractivity contribution in [3.05, 3.63) is 66.0 Å². The molecular weight excluding hydrogens is 460 g/mol. The fourth-order valence-corrected chi connectivity index (χ4v) is 5.73. The van der Waals surface area contributed by atoms with Crippen LogP contribution in [0.4, 0.5) is 5.69 Å². The van der Waals surface area contributed by atoms with Crippen LogP contribution in [-0.4, -0.2) is 60.2 Å². The van der Waals surface area contributed by atoms with E-state index in [0.717, 1.165) is 16.8 Å². The number of rotatable bonds is 7. The Hall–Kier alpha value is -2.66. The smallest absolute Gasteiger partial charge is 0.243 e. The number of aryl methyl sites for hydroxylation is 2. The van der Waals surface area contributed by atoms with E-state index < -0.39 is 10.0 Å². The van der Waals surface area contributed by atoms with Gasteiger partial charge in [-0.1, -0.05) is 30.0 Å². The van der Waals surface area contributed by atoms with Crippen molar-refractivity contribution in [2.75, 3.05) is 37.4 Å². The third kappa shape index (κ3) is 5.47. The van der Waals surface area contributed by atoms with Crippen molar-refractivity contribution in [3.63, 3.8) is 0 Å². The third-order valence-electron chi connectivity index (χ3n) is 5.31. The van der Waals surface area contributed by atoms with E-state index in [4.69, 9.17) is 4.74 Å². The van der Waals surface area contributed by atoms with Gasteiger partial charge in [0.05, 0.1) is 23.9 Å². The molecule has 1 aliphatic heterocycles. The highest BCUT2D eigenvalue weighted by atomic mass is 32.2. The first-order valence-electron chi connectivity index (χ1n) is 10.6. The maximum atomic E-state index is 13.0. The molecule has 3 aromatic rings. The lowest BCUT2D eigenvalue weighted by Crippen LogP contribution is -2.40. The molecule has 8 nitrogen and oxygen atoms in total. The SMILES string of the molecule is Cc1cccc(-n2ccnc2SCC(=O)Nc2cc(S(=O)(=O)N3CCOCC3)ccc2C)c1. The number of nitrogens with one attached hydrogen (secondary N) is 1. The molecule has 2 heterocycles. The van der Waals surface area contributed by atoms with Gasteiger partial charge in [0.25, 0.3) is 0 Å². The molecule has 0 spiro atoms. The molecule has 1 amide bonds. The molecule has 174 valence electrons. The minimum Gasteiger partial charge on any atom is -0.379 e. The van der Waals surface area contributed by atoms with Crippen LogP contribution < -0.4 is 5.32 Å². The second kappa shape index (κ2) is 10.1. The molecule has 0 atom stereocenters. The highest BCUT2D eigenvalue weighted by Gasteiger charge is 2.27. The lowest BCUT2D eigenvalue weighted by atomic mass is 10.2. The van der Waals surface area contributed by atoms with E-state index in [1.54, 1.807) is 18.3 Å². The van der Waals surface area contributed by atoms with E-state index in [1.807, 2.05) is 42.8 Å². The third-order valence-corrected chi connectivity index (χ3v) is 8.17. The van der Waals surface area contributed by atoms with E-state index in [1.165, 1.54) is 22.1 Å². The minimum atomic E-state index is -3.64. The molecule has 0 bridgehead atoms. The molecule has 2 aromatic carbocycles. The molecule has 0 unspecified atom stereocenters. The molecule has 1 saturated heterocycles. The van der Waals surface area contributed by atoms with Crippen LogP contribution in [0.25, 0.3) is 5.69 Å². The van der Waals surface area contributed by atoms with Gasteiger partial charge in [0.1, 0.15) is 0 Å². The fourth-order valence-electron chi connectivity index (χ4n) is 3.52. The summed E-state index contributed by atoms with van der Waals surface area (Å²) in [5.74, 6) is -0.0919. The topological polar surface area (TPSA) is 93.5 Å². The summed E-state index contributed by atoms with van der Waals surface area (Å²) in [4.78, 5) is 17.2. The average molecular weight is 487 g/mol. The molecule has 1 aliphatic rings. The zero-order valence-corrected chi connectivity index (χ0v) is 20.2. The lowest BCUT2D eigenvalue weighted by molar-refractivity contribution is -0.113. The van der Waals surface area contributed by atoms with E-state index in [-0.39, 0.29) is 16.6 Å². The van der Waals surface area contributed by atoms with Crippen LogP contribution in [0.15, 0.2) is 64.9 Å². The van der Waals surface area contributed by atoms with Gasteiger partial charge in [0.15, 0.2) is 5.16 Å². The first kappa shape index (κ1) is 23.5. The number of anilines is 1. The van der Waals surface area contributed by atoms with Crippen molar-refractivity contribution in [2.24, 2.45) is 0 Å². The Balaban J connectivity index is 1.44. The highest BCUT2D eigenvalue weighted by Crippen LogP contribution is 2.25. The number of sulfonamides is 1. The normalized spacial score (nSPS) is 14.8. The number of carbonyl (C=O) groups excluding carboxylic acids is 1. The van der Waals surface area contributed by atoms with Crippen molar-refractivity contribution < 1.29 is 17.9 Å². The molecule has 33 heavy (non-hydrogen) atoms. The number of hydrogen-bond donors (Lipinski definition) is 1. The Kier molecular flexibility index (Phi) is 7.18. The van der Waals surface area contributed by atoms with Gasteiger partial charge < -0.3 is 10.1 Å². The van der Waals surface area contributed by atoms with Crippen LogP contribution in [0, 0.1) is 13.8 Å². The average Bonchev–Trinajstić information content (AvgIpc) is 3.28. The quantitative estimate of drug-likeness (QED) is 0.516. The number of carbonyl (C=O) groups is 1. The number of hydrogen-bond acceptors (Lipinski definition) is 6. The Bertz CT molecular complexity index is 1250. The Morgan fingerprint density at radius 3 is 2.70 bits per heavy atom. The predicted octanol–water partition coefficient (Wildman–Crippen LogP) is 3.24. The highest BCUT2D eigenvalue weighted by molar-refractivity contribution is 7.99. The molecule has 1 aromatic heterocycles. The number of imidazole rings is 1. The van der Waals surface area contributed by atoms with Crippen LogP contribution in [-0.2, 0) is 19.6 Å². The van der Waals surface area contributed by atoms with Crippen molar-refractivity contribution >= 4 is 33.4 Å². The van der Waals surface area contributed by atoms with Gasteiger partial charge in [-0.15, -0.1) is 0 Å². The van der Waals surface area contributed by atoms with Crippen LogP contribution in [0.1, 0.15) is 11.1 Å². The number of aromatic nitrogens is 2. The van der Waals surface area contributed by atoms with Gasteiger partial charge in [0, 0.05) is 36.9 Å². The molecule has 4 rings (SSSR count). The van der Waals surface area contributed by atoms with E-state index >= 15 is 0 Å². The maximum absolute atomic E-state index is 13.0. The standard InChI is InChI=1S/C23H26N4O4S2/c1-17-4-3-5-19(14-17)27-9-8-24-23(27)32-16-22(28)25-21-15-20(7-6-18(21)2)33(29,30)26-10-12-31-13-11-26/h3-9,14-15H,10-13,16H2,1-2H3,(H,25,28). The monoisotopic (exact) mass is 486 g/mol. The number of thioether (sulfide) groups is 1. The Morgan fingerprint density at radius 1 is 1.15 bits per heavy atom. The van der Waals surface area contributed by atoms with Gasteiger partial charge in [0.2, 0.25) is 15.9 Å². The van der Waals surface area contributed by atoms with Gasteiger partial charge in [-0.2, -0.15) is 4.31 Å². The maximum Gasteiger partial charge on any atom is 0.243 e. The summed E-state index contributed by atoms with van der Waals surface area (Å²) in [6.07, 6.45) is 3.56. The Labute approximate surface area is 198 Å². The van der Waals surface area contributed by atoms with Gasteiger partial charge in [-0.25, -0.2) is 13.4 Å². The second-order valence-electron chi connectivity index (χ2n) is 7.75. The summed E-state index contributed by atoms with van der Waals surface area (Å²) in [7, 11) is -3.64. The minimum absolute atomic E-state index is 0.142. The van der Waals surface area contributed by atoms with Crippen molar-refractivity contribution in [3.8, 4) is 5.69 Å². The second-order valence-corrected chi connectivity index (χ2v) is 10.6. The van der Waals surface area contributed by atoms with Crippen molar-refractivity contribution in [1.82, 2.24) is 13.9 Å². The van der Waals surface area contributed by atoms with Gasteiger partial charge >= 0.3 is 0 Å². The number of morpholine rings is 1. The predicted molar refractivity (Wildman–Crippen MR) is 128 cm³/mol. The summed E-state index contributed by atoms with van der Waals surface area (Å²) < 4.78 is 34.5. The van der Waals surface area contributed by atoms with E-state index in [2.05, 4.69) is 16.4 Å². The number of benzene rings is 2. The van der Waals surface area contributed by atoms with Gasteiger partial charge in [-0.3, -0.25) is 9.36 Å². The molecular formula is C23H26N4O4S2. The molecule has 10 heteroatoms. The van der Waals surface area contributed by atoms with E-state index in [0.29, 0.717) is 37.1 Å². The molecule has 0 aliphatic carbocycles. The molecule has 0 saturated carbocycles. The van der Waals surface area contributed by atoms with Crippen molar-refractivity contribution in [2.45, 2.75) is 23.9 Å². The first-order valence-corrected chi connectivity index (χ1v) is 13.0. The number of nitrogens with zero attached hydrogens (tertiary/aromatic N) is 3. The number of amides is 1. The van der Waals surface area contributed by atoms with Crippen LogP contribution in [0.2, 0.25) is 0 Å². The summed E-state index contributed by atoms with van der Waals surface area (Å²) in [6.45, 7) is 5.26. The summed E-state index contributed by atoms with van der Waals surface area (Å²) in [5, 5.41) is 3.56. The zero-order chi connectivity index (χ0) is 23.4. The fraction of sp³-hybridized carbons (Fsp3) is 0.304.